The van der Waals surface area contributed by atoms with Crippen LogP contribution in [0, 0.1) is 5.41 Å². The predicted octanol–water partition coefficient (Wildman–Crippen LogP) is 4.31. The van der Waals surface area contributed by atoms with Gasteiger partial charge in [0.25, 0.3) is 0 Å². The highest BCUT2D eigenvalue weighted by molar-refractivity contribution is 5.85. The predicted molar refractivity (Wildman–Crippen MR) is 95.9 cm³/mol. The lowest BCUT2D eigenvalue weighted by molar-refractivity contribution is 0.961. The Morgan fingerprint density at radius 1 is 1.05 bits per heavy atom. The Morgan fingerprint density at radius 2 is 1.64 bits per heavy atom. The van der Waals surface area contributed by atoms with Crippen LogP contribution in [0.15, 0.2) is 66.7 Å². The third-order valence-electron chi connectivity index (χ3n) is 3.46. The summed E-state index contributed by atoms with van der Waals surface area (Å²) in [5, 5.41) is 7.79. The van der Waals surface area contributed by atoms with E-state index in [1.807, 2.05) is 42.2 Å². The van der Waals surface area contributed by atoms with Crippen LogP contribution in [-0.4, -0.2) is 19.9 Å². The number of nitrogens with zero attached hydrogens (tertiary/aromatic N) is 2. The van der Waals surface area contributed by atoms with Gasteiger partial charge in [-0.15, -0.1) is 0 Å². The molecule has 114 valence electrons. The van der Waals surface area contributed by atoms with Gasteiger partial charge in [-0.3, -0.25) is 5.41 Å². The molecule has 0 aromatic heterocycles. The van der Waals surface area contributed by atoms with E-state index in [1.165, 1.54) is 11.9 Å². The van der Waals surface area contributed by atoms with Crippen molar-refractivity contribution in [2.75, 3.05) is 23.4 Å². The zero-order valence-corrected chi connectivity index (χ0v) is 13.3. The van der Waals surface area contributed by atoms with E-state index in [9.17, 15) is 0 Å². The van der Waals surface area contributed by atoms with Crippen molar-refractivity contribution in [3.8, 4) is 0 Å². The van der Waals surface area contributed by atoms with Gasteiger partial charge in [-0.1, -0.05) is 54.6 Å². The first-order valence-corrected chi connectivity index (χ1v) is 7.37. The summed E-state index contributed by atoms with van der Waals surface area (Å²) in [6, 6.07) is 18.4. The number of likely N-dealkylation sites (N-methyl/N-ethyl adjacent to an activating group) is 1. The van der Waals surface area contributed by atoms with Crippen LogP contribution in [0.1, 0.15) is 12.5 Å². The van der Waals surface area contributed by atoms with Crippen molar-refractivity contribution < 1.29 is 0 Å². The second-order valence-electron chi connectivity index (χ2n) is 5.54. The van der Waals surface area contributed by atoms with E-state index < -0.39 is 0 Å². The molecule has 3 heteroatoms. The summed E-state index contributed by atoms with van der Waals surface area (Å²) in [5.41, 5.74) is 4.43. The number of anilines is 2. The van der Waals surface area contributed by atoms with Gasteiger partial charge < -0.3 is 9.80 Å². The molecule has 0 radical (unpaired) electrons. The molecule has 0 atom stereocenters. The second-order valence-corrected chi connectivity index (χ2v) is 5.54. The van der Waals surface area contributed by atoms with Crippen LogP contribution in [0.25, 0.3) is 0 Å². The minimum absolute atomic E-state index is 0.683. The molecule has 0 saturated carbocycles. The van der Waals surface area contributed by atoms with E-state index in [0.29, 0.717) is 6.54 Å². The third kappa shape index (κ3) is 3.98. The van der Waals surface area contributed by atoms with Crippen molar-refractivity contribution in [2.24, 2.45) is 0 Å². The van der Waals surface area contributed by atoms with Crippen LogP contribution in [-0.2, 0) is 6.54 Å². The molecule has 0 fully saturated rings. The van der Waals surface area contributed by atoms with Crippen LogP contribution < -0.4 is 9.80 Å². The first-order valence-electron chi connectivity index (χ1n) is 7.37. The molecule has 0 aliphatic rings. The van der Waals surface area contributed by atoms with Crippen molar-refractivity contribution >= 4 is 17.7 Å². The average molecular weight is 293 g/mol. The average Bonchev–Trinajstić information content (AvgIpc) is 2.53. The molecule has 2 aromatic rings. The number of hydrogen-bond donors (Lipinski definition) is 1. The summed E-state index contributed by atoms with van der Waals surface area (Å²) in [6.07, 6.45) is 1.39. The van der Waals surface area contributed by atoms with Crippen LogP contribution in [0.4, 0.5) is 11.4 Å². The maximum Gasteiger partial charge on any atom is 0.0865 e. The standard InChI is InChI=1S/C19H23N3/c1-16(2)13-21(3)18-11-7-8-12-19(18)22(15-20)14-17-9-5-4-6-10-17/h4-12,15,20H,1,13-14H2,2-3H3. The Labute approximate surface area is 133 Å². The number of rotatable bonds is 7. The van der Waals surface area contributed by atoms with Gasteiger partial charge in [0.2, 0.25) is 0 Å². The molecular weight excluding hydrogens is 270 g/mol. The van der Waals surface area contributed by atoms with Crippen molar-refractivity contribution in [1.29, 1.82) is 5.41 Å². The largest absolute Gasteiger partial charge is 0.369 e. The van der Waals surface area contributed by atoms with Crippen molar-refractivity contribution in [3.05, 3.63) is 72.3 Å². The Balaban J connectivity index is 2.29. The molecule has 0 saturated heterocycles. The summed E-state index contributed by atoms with van der Waals surface area (Å²) in [5.74, 6) is 0. The highest BCUT2D eigenvalue weighted by Gasteiger charge is 2.12. The molecule has 0 spiro atoms. The maximum atomic E-state index is 7.79. The van der Waals surface area contributed by atoms with Gasteiger partial charge >= 0.3 is 0 Å². The Kier molecular flexibility index (Phi) is 5.37. The minimum Gasteiger partial charge on any atom is -0.369 e. The quantitative estimate of drug-likeness (QED) is 0.468. The smallest absolute Gasteiger partial charge is 0.0865 e. The van der Waals surface area contributed by atoms with Crippen LogP contribution in [0.3, 0.4) is 0 Å². The Morgan fingerprint density at radius 3 is 2.23 bits per heavy atom. The summed E-state index contributed by atoms with van der Waals surface area (Å²) in [7, 11) is 2.05. The highest BCUT2D eigenvalue weighted by Crippen LogP contribution is 2.29. The van der Waals surface area contributed by atoms with E-state index >= 15 is 0 Å². The monoisotopic (exact) mass is 293 g/mol. The SMILES string of the molecule is C=C(C)CN(C)c1ccccc1N(C=N)Cc1ccccc1. The summed E-state index contributed by atoms with van der Waals surface area (Å²) in [6.45, 7) is 7.49. The summed E-state index contributed by atoms with van der Waals surface area (Å²) < 4.78 is 0. The zero-order valence-electron chi connectivity index (χ0n) is 13.3. The number of hydrogen-bond acceptors (Lipinski definition) is 2. The molecule has 2 rings (SSSR count). The summed E-state index contributed by atoms with van der Waals surface area (Å²) >= 11 is 0. The fraction of sp³-hybridized carbons (Fsp3) is 0.211. The van der Waals surface area contributed by atoms with E-state index in [-0.39, 0.29) is 0 Å². The molecule has 0 bridgehead atoms. The Bertz CT molecular complexity index is 634. The first-order chi connectivity index (χ1) is 10.6. The van der Waals surface area contributed by atoms with Crippen molar-refractivity contribution in [2.45, 2.75) is 13.5 Å². The first kappa shape index (κ1) is 15.8. The lowest BCUT2D eigenvalue weighted by Crippen LogP contribution is -2.25. The van der Waals surface area contributed by atoms with E-state index in [0.717, 1.165) is 23.5 Å². The lowest BCUT2D eigenvalue weighted by Gasteiger charge is -2.28. The minimum atomic E-state index is 0.683. The fourth-order valence-electron chi connectivity index (χ4n) is 2.50. The molecule has 22 heavy (non-hydrogen) atoms. The van der Waals surface area contributed by atoms with Gasteiger partial charge in [-0.05, 0) is 24.6 Å². The molecule has 3 nitrogen and oxygen atoms in total. The molecule has 0 unspecified atom stereocenters. The van der Waals surface area contributed by atoms with E-state index in [4.69, 9.17) is 5.41 Å². The molecule has 0 heterocycles. The van der Waals surface area contributed by atoms with Gasteiger partial charge in [0.15, 0.2) is 0 Å². The van der Waals surface area contributed by atoms with Crippen LogP contribution in [0.2, 0.25) is 0 Å². The second kappa shape index (κ2) is 7.46. The van der Waals surface area contributed by atoms with Gasteiger partial charge in [0.05, 0.1) is 17.7 Å². The molecule has 0 aliphatic carbocycles. The molecule has 0 amide bonds. The maximum absolute atomic E-state index is 7.79. The Hall–Kier alpha value is -2.55. The molecular formula is C19H23N3. The van der Waals surface area contributed by atoms with Crippen molar-refractivity contribution in [3.63, 3.8) is 0 Å². The topological polar surface area (TPSA) is 30.3 Å². The van der Waals surface area contributed by atoms with Gasteiger partial charge in [0, 0.05) is 20.1 Å². The molecule has 0 aliphatic heterocycles. The molecule has 2 aromatic carbocycles. The van der Waals surface area contributed by atoms with Gasteiger partial charge in [-0.2, -0.15) is 0 Å². The van der Waals surface area contributed by atoms with Gasteiger partial charge in [-0.25, -0.2) is 0 Å². The van der Waals surface area contributed by atoms with E-state index in [2.05, 4.69) is 42.8 Å². The normalized spacial score (nSPS) is 10.1. The van der Waals surface area contributed by atoms with Crippen LogP contribution in [0.5, 0.6) is 0 Å². The number of nitrogens with one attached hydrogen (secondary N) is 1. The van der Waals surface area contributed by atoms with Crippen LogP contribution >= 0.6 is 0 Å². The number of benzene rings is 2. The highest BCUT2D eigenvalue weighted by atomic mass is 15.2. The lowest BCUT2D eigenvalue weighted by atomic mass is 10.1. The fourth-order valence-corrected chi connectivity index (χ4v) is 2.50. The molecule has 1 N–H and O–H groups in total. The van der Waals surface area contributed by atoms with Crippen molar-refractivity contribution in [1.82, 2.24) is 0 Å². The summed E-state index contributed by atoms with van der Waals surface area (Å²) in [4.78, 5) is 4.12. The zero-order chi connectivity index (χ0) is 15.9. The third-order valence-corrected chi connectivity index (χ3v) is 3.46. The van der Waals surface area contributed by atoms with E-state index in [1.54, 1.807) is 0 Å². The number of para-hydroxylation sites is 2. The van der Waals surface area contributed by atoms with Gasteiger partial charge in [0.1, 0.15) is 0 Å².